The first kappa shape index (κ1) is 14.9. The third-order valence-electron chi connectivity index (χ3n) is 2.82. The van der Waals surface area contributed by atoms with Gasteiger partial charge < -0.3 is 10.6 Å². The molecule has 2 N–H and O–H groups in total. The van der Waals surface area contributed by atoms with E-state index in [1.165, 1.54) is 24.0 Å². The Morgan fingerprint density at radius 3 is 2.57 bits per heavy atom. The van der Waals surface area contributed by atoms with Crippen molar-refractivity contribution in [1.29, 1.82) is 0 Å². The molecule has 0 aliphatic heterocycles. The molecule has 0 unspecified atom stereocenters. The van der Waals surface area contributed by atoms with Gasteiger partial charge in [-0.1, -0.05) is 0 Å². The monoisotopic (exact) mass is 298 g/mol. The highest BCUT2D eigenvalue weighted by molar-refractivity contribution is 6.08. The van der Waals surface area contributed by atoms with E-state index in [2.05, 4.69) is 15.7 Å². The van der Waals surface area contributed by atoms with E-state index < -0.39 is 17.6 Å². The van der Waals surface area contributed by atoms with Gasteiger partial charge in [0.2, 0.25) is 0 Å². The maximum absolute atomic E-state index is 12.7. The Morgan fingerprint density at radius 1 is 1.33 bits per heavy atom. The second kappa shape index (κ2) is 5.47. The molecule has 0 aliphatic rings. The Balaban J connectivity index is 2.34. The molecular weight excluding hydrogens is 285 g/mol. The number of carbonyl (C=O) groups excluding carboxylic acids is 1. The zero-order valence-corrected chi connectivity index (χ0v) is 11.3. The molecule has 1 aromatic carbocycles. The molecule has 1 amide bonds. The van der Waals surface area contributed by atoms with Crippen LogP contribution in [0.15, 0.2) is 30.6 Å². The number of benzene rings is 1. The van der Waals surface area contributed by atoms with E-state index in [-0.39, 0.29) is 5.56 Å². The van der Waals surface area contributed by atoms with Crippen molar-refractivity contribution >= 4 is 17.3 Å². The molecule has 2 aromatic rings. The number of nitrogens with zero attached hydrogens (tertiary/aromatic N) is 2. The highest BCUT2D eigenvalue weighted by atomic mass is 19.4. The summed E-state index contributed by atoms with van der Waals surface area (Å²) in [4.78, 5) is 12.1. The predicted molar refractivity (Wildman–Crippen MR) is 72.2 cm³/mol. The molecule has 8 heteroatoms. The average molecular weight is 298 g/mol. The zero-order valence-electron chi connectivity index (χ0n) is 11.3. The summed E-state index contributed by atoms with van der Waals surface area (Å²) in [6.07, 6.45) is -1.55. The highest BCUT2D eigenvalue weighted by Gasteiger charge is 2.31. The summed E-state index contributed by atoms with van der Waals surface area (Å²) < 4.78 is 39.7. The zero-order chi connectivity index (χ0) is 15.6. The summed E-state index contributed by atoms with van der Waals surface area (Å²) in [6.45, 7) is 0. The van der Waals surface area contributed by atoms with Crippen molar-refractivity contribution in [2.24, 2.45) is 7.05 Å². The number of aryl methyl sites for hydroxylation is 1. The quantitative estimate of drug-likeness (QED) is 0.916. The van der Waals surface area contributed by atoms with Gasteiger partial charge in [-0.2, -0.15) is 18.3 Å². The Kier molecular flexibility index (Phi) is 3.88. The first-order valence-corrected chi connectivity index (χ1v) is 6.00. The van der Waals surface area contributed by atoms with Crippen LogP contribution < -0.4 is 10.6 Å². The van der Waals surface area contributed by atoms with Crippen LogP contribution in [0.2, 0.25) is 0 Å². The number of carbonyl (C=O) groups is 1. The third kappa shape index (κ3) is 3.33. The lowest BCUT2D eigenvalue weighted by Crippen LogP contribution is -2.16. The summed E-state index contributed by atoms with van der Waals surface area (Å²) >= 11 is 0. The Hall–Kier alpha value is -2.51. The molecule has 0 radical (unpaired) electrons. The number of halogens is 3. The lowest BCUT2D eigenvalue weighted by molar-refractivity contribution is -0.137. The minimum Gasteiger partial charge on any atom is -0.387 e. The molecule has 21 heavy (non-hydrogen) atoms. The largest absolute Gasteiger partial charge is 0.416 e. The lowest BCUT2D eigenvalue weighted by Gasteiger charge is -2.13. The smallest absolute Gasteiger partial charge is 0.387 e. The van der Waals surface area contributed by atoms with Crippen LogP contribution in [-0.4, -0.2) is 22.7 Å². The SMILES string of the molecule is CNc1ccc(C(F)(F)F)cc1C(=O)Nc1cnn(C)c1. The first-order valence-electron chi connectivity index (χ1n) is 6.00. The van der Waals surface area contributed by atoms with E-state index in [4.69, 9.17) is 0 Å². The number of hydrogen-bond acceptors (Lipinski definition) is 3. The number of rotatable bonds is 3. The van der Waals surface area contributed by atoms with Crippen molar-refractivity contribution in [2.45, 2.75) is 6.18 Å². The molecule has 1 heterocycles. The molecule has 0 saturated carbocycles. The first-order chi connectivity index (χ1) is 9.81. The number of nitrogens with one attached hydrogen (secondary N) is 2. The summed E-state index contributed by atoms with van der Waals surface area (Å²) in [6, 6.07) is 2.96. The standard InChI is InChI=1S/C13H13F3N4O/c1-17-11-4-3-8(13(14,15)16)5-10(11)12(21)19-9-6-18-20(2)7-9/h3-7,17H,1-2H3,(H,19,21). The highest BCUT2D eigenvalue weighted by Crippen LogP contribution is 2.32. The Morgan fingerprint density at radius 2 is 2.05 bits per heavy atom. The van der Waals surface area contributed by atoms with Crippen LogP contribution in [0.25, 0.3) is 0 Å². The molecule has 0 bridgehead atoms. The van der Waals surface area contributed by atoms with Crippen LogP contribution in [0.3, 0.4) is 0 Å². The predicted octanol–water partition coefficient (Wildman–Crippen LogP) is 2.73. The van der Waals surface area contributed by atoms with Gasteiger partial charge in [0.1, 0.15) is 0 Å². The third-order valence-corrected chi connectivity index (χ3v) is 2.82. The van der Waals surface area contributed by atoms with E-state index in [1.807, 2.05) is 0 Å². The van der Waals surface area contributed by atoms with Crippen LogP contribution in [0.4, 0.5) is 24.5 Å². The summed E-state index contributed by atoms with van der Waals surface area (Å²) in [5, 5.41) is 9.07. The van der Waals surface area contributed by atoms with Crippen LogP contribution in [0.5, 0.6) is 0 Å². The van der Waals surface area contributed by atoms with E-state index in [0.717, 1.165) is 12.1 Å². The second-order valence-corrected chi connectivity index (χ2v) is 4.36. The number of amides is 1. The van der Waals surface area contributed by atoms with Crippen molar-refractivity contribution in [3.63, 3.8) is 0 Å². The fraction of sp³-hybridized carbons (Fsp3) is 0.231. The van der Waals surface area contributed by atoms with Gasteiger partial charge in [-0.25, -0.2) is 0 Å². The van der Waals surface area contributed by atoms with E-state index in [1.54, 1.807) is 13.2 Å². The molecule has 0 atom stereocenters. The van der Waals surface area contributed by atoms with Crippen LogP contribution >= 0.6 is 0 Å². The summed E-state index contributed by atoms with van der Waals surface area (Å²) in [7, 11) is 3.20. The normalized spacial score (nSPS) is 11.3. The fourth-order valence-corrected chi connectivity index (χ4v) is 1.81. The Bertz CT molecular complexity index is 664. The van der Waals surface area contributed by atoms with Gasteiger partial charge in [-0.05, 0) is 18.2 Å². The van der Waals surface area contributed by atoms with E-state index >= 15 is 0 Å². The molecule has 0 spiro atoms. The van der Waals surface area contributed by atoms with E-state index in [9.17, 15) is 18.0 Å². The van der Waals surface area contributed by atoms with Crippen molar-refractivity contribution in [2.75, 3.05) is 17.7 Å². The Labute approximate surface area is 118 Å². The lowest BCUT2D eigenvalue weighted by atomic mass is 10.1. The molecule has 1 aromatic heterocycles. The molecule has 5 nitrogen and oxygen atoms in total. The van der Waals surface area contributed by atoms with Gasteiger partial charge >= 0.3 is 6.18 Å². The van der Waals surface area contributed by atoms with Gasteiger partial charge in [-0.3, -0.25) is 9.48 Å². The minimum absolute atomic E-state index is 0.0869. The molecule has 112 valence electrons. The van der Waals surface area contributed by atoms with Gasteiger partial charge in [0.25, 0.3) is 5.91 Å². The van der Waals surface area contributed by atoms with Crippen molar-refractivity contribution in [3.05, 3.63) is 41.7 Å². The van der Waals surface area contributed by atoms with Crippen LogP contribution in [-0.2, 0) is 13.2 Å². The van der Waals surface area contributed by atoms with Gasteiger partial charge in [0, 0.05) is 26.0 Å². The van der Waals surface area contributed by atoms with Gasteiger partial charge in [-0.15, -0.1) is 0 Å². The second-order valence-electron chi connectivity index (χ2n) is 4.36. The van der Waals surface area contributed by atoms with Crippen molar-refractivity contribution < 1.29 is 18.0 Å². The average Bonchev–Trinajstić information content (AvgIpc) is 2.82. The van der Waals surface area contributed by atoms with E-state index in [0.29, 0.717) is 11.4 Å². The fourth-order valence-electron chi connectivity index (χ4n) is 1.81. The molecule has 0 aliphatic carbocycles. The van der Waals surface area contributed by atoms with Crippen molar-refractivity contribution in [3.8, 4) is 0 Å². The number of alkyl halides is 3. The minimum atomic E-state index is -4.50. The molecule has 0 fully saturated rings. The molecule has 0 saturated heterocycles. The van der Waals surface area contributed by atoms with Gasteiger partial charge in [0.05, 0.1) is 23.0 Å². The summed E-state index contributed by atoms with van der Waals surface area (Å²) in [5.74, 6) is -0.640. The molecule has 2 rings (SSSR count). The topological polar surface area (TPSA) is 59.0 Å². The van der Waals surface area contributed by atoms with Gasteiger partial charge in [0.15, 0.2) is 0 Å². The maximum Gasteiger partial charge on any atom is 0.416 e. The van der Waals surface area contributed by atoms with Crippen molar-refractivity contribution in [1.82, 2.24) is 9.78 Å². The number of hydrogen-bond donors (Lipinski definition) is 2. The van der Waals surface area contributed by atoms with Crippen LogP contribution in [0.1, 0.15) is 15.9 Å². The number of anilines is 2. The van der Waals surface area contributed by atoms with Crippen LogP contribution in [0, 0.1) is 0 Å². The maximum atomic E-state index is 12.7. The summed E-state index contributed by atoms with van der Waals surface area (Å²) in [5.41, 5.74) is -0.250. The number of aromatic nitrogens is 2. The molecular formula is C13H13F3N4O.